The van der Waals surface area contributed by atoms with Crippen molar-refractivity contribution in [3.63, 3.8) is 0 Å². The third-order valence-electron chi connectivity index (χ3n) is 5.70. The summed E-state index contributed by atoms with van der Waals surface area (Å²) in [6.45, 7) is 0. The zero-order valence-electron chi connectivity index (χ0n) is 18.6. The Bertz CT molecular complexity index is 1570. The van der Waals surface area contributed by atoms with E-state index in [-0.39, 0.29) is 5.57 Å². The van der Waals surface area contributed by atoms with Gasteiger partial charge in [-0.2, -0.15) is 5.26 Å². The summed E-state index contributed by atoms with van der Waals surface area (Å²) in [6, 6.07) is 38.8. The zero-order chi connectivity index (χ0) is 24.2. The lowest BCUT2D eigenvalue weighted by Crippen LogP contribution is -2.10. The summed E-state index contributed by atoms with van der Waals surface area (Å²) in [5.41, 5.74) is 3.95. The first-order valence-electron chi connectivity index (χ1n) is 11.0. The number of fused-ring (bicyclic) bond motifs is 1. The van der Waals surface area contributed by atoms with Crippen molar-refractivity contribution in [1.82, 2.24) is 0 Å². The molecule has 0 spiro atoms. The lowest BCUT2D eigenvalue weighted by atomic mass is 10.1. The molecular weight excluding hydrogens is 452 g/mol. The number of para-hydroxylation sites is 1. The Kier molecular flexibility index (Phi) is 6.13. The van der Waals surface area contributed by atoms with Crippen molar-refractivity contribution in [1.29, 1.82) is 5.26 Å². The monoisotopic (exact) mass is 472 g/mol. The van der Waals surface area contributed by atoms with Crippen LogP contribution in [-0.4, -0.2) is 11.1 Å². The van der Waals surface area contributed by atoms with Crippen molar-refractivity contribution in [3.05, 3.63) is 120 Å². The first-order valence-corrected chi connectivity index (χ1v) is 11.8. The third-order valence-corrected chi connectivity index (χ3v) is 6.78. The molecule has 0 atom stereocenters. The number of anilines is 3. The molecule has 0 saturated carbocycles. The van der Waals surface area contributed by atoms with Crippen LogP contribution in [-0.2, 0) is 4.79 Å². The lowest BCUT2D eigenvalue weighted by Gasteiger charge is -2.27. The molecule has 0 amide bonds. The van der Waals surface area contributed by atoms with Crippen LogP contribution in [0.4, 0.5) is 17.1 Å². The molecule has 0 aliphatic carbocycles. The van der Waals surface area contributed by atoms with E-state index in [1.165, 1.54) is 28.2 Å². The van der Waals surface area contributed by atoms with Crippen LogP contribution in [0.1, 0.15) is 4.88 Å². The van der Waals surface area contributed by atoms with Gasteiger partial charge >= 0.3 is 5.97 Å². The van der Waals surface area contributed by atoms with E-state index in [0.29, 0.717) is 0 Å². The van der Waals surface area contributed by atoms with Gasteiger partial charge in [-0.1, -0.05) is 66.7 Å². The van der Waals surface area contributed by atoms with E-state index in [2.05, 4.69) is 77.7 Å². The molecule has 1 N–H and O–H groups in total. The third kappa shape index (κ3) is 4.56. The normalized spacial score (nSPS) is 11.2. The lowest BCUT2D eigenvalue weighted by molar-refractivity contribution is -0.132. The number of thiophene rings is 1. The van der Waals surface area contributed by atoms with Gasteiger partial charge in [0.15, 0.2) is 0 Å². The number of rotatable bonds is 6. The Hall–Kier alpha value is -4.66. The Morgan fingerprint density at radius 2 is 1.49 bits per heavy atom. The summed E-state index contributed by atoms with van der Waals surface area (Å²) in [6.07, 6.45) is 1.41. The van der Waals surface area contributed by atoms with Crippen LogP contribution in [0.5, 0.6) is 0 Å². The Morgan fingerprint density at radius 3 is 2.23 bits per heavy atom. The molecule has 0 saturated heterocycles. The predicted molar refractivity (Wildman–Crippen MR) is 143 cm³/mol. The fraction of sp³-hybridized carbons (Fsp3) is 0. The molecule has 1 aromatic heterocycles. The second kappa shape index (κ2) is 9.68. The van der Waals surface area contributed by atoms with Gasteiger partial charge in [-0.15, -0.1) is 11.3 Å². The van der Waals surface area contributed by atoms with E-state index in [9.17, 15) is 4.79 Å². The van der Waals surface area contributed by atoms with Crippen LogP contribution in [0.2, 0.25) is 0 Å². The van der Waals surface area contributed by atoms with Gasteiger partial charge in [-0.3, -0.25) is 0 Å². The van der Waals surface area contributed by atoms with E-state index in [1.807, 2.05) is 36.4 Å². The van der Waals surface area contributed by atoms with Gasteiger partial charge in [0.2, 0.25) is 0 Å². The zero-order valence-corrected chi connectivity index (χ0v) is 19.4. The van der Waals surface area contributed by atoms with E-state index < -0.39 is 5.97 Å². The van der Waals surface area contributed by atoms with Crippen LogP contribution in [0.25, 0.3) is 27.3 Å². The van der Waals surface area contributed by atoms with Crippen molar-refractivity contribution in [2.24, 2.45) is 0 Å². The van der Waals surface area contributed by atoms with Crippen molar-refractivity contribution >= 4 is 51.2 Å². The molecular formula is C30H20N2O2S. The number of carboxylic acid groups (broad SMARTS) is 1. The average Bonchev–Trinajstić information content (AvgIpc) is 3.37. The summed E-state index contributed by atoms with van der Waals surface area (Å²) in [5, 5.41) is 20.5. The second-order valence-corrected chi connectivity index (χ2v) is 9.01. The summed E-state index contributed by atoms with van der Waals surface area (Å²) >= 11 is 1.45. The molecule has 5 heteroatoms. The maximum atomic E-state index is 11.1. The van der Waals surface area contributed by atoms with E-state index in [1.54, 1.807) is 6.07 Å². The fourth-order valence-corrected chi connectivity index (χ4v) is 5.01. The molecule has 1 heterocycles. The number of benzene rings is 4. The van der Waals surface area contributed by atoms with E-state index in [4.69, 9.17) is 10.4 Å². The van der Waals surface area contributed by atoms with Gasteiger partial charge < -0.3 is 10.0 Å². The molecule has 0 bridgehead atoms. The molecule has 5 aromatic rings. The minimum Gasteiger partial charge on any atom is -0.477 e. The van der Waals surface area contributed by atoms with Crippen molar-refractivity contribution in [2.45, 2.75) is 0 Å². The molecule has 0 unspecified atom stereocenters. The molecule has 0 aliphatic rings. The fourth-order valence-electron chi connectivity index (χ4n) is 4.05. The SMILES string of the molecule is N#CC(=Cc1ccc(-c2ccc(N(c3ccccc3)c3cccc4ccccc34)cc2)s1)C(=O)O. The van der Waals surface area contributed by atoms with Crippen LogP contribution in [0, 0.1) is 11.3 Å². The largest absolute Gasteiger partial charge is 0.477 e. The summed E-state index contributed by atoms with van der Waals surface area (Å²) in [4.78, 5) is 15.1. The first kappa shape index (κ1) is 22.1. The summed E-state index contributed by atoms with van der Waals surface area (Å²) in [5.74, 6) is -1.22. The molecule has 5 rings (SSSR count). The molecule has 0 fully saturated rings. The van der Waals surface area contributed by atoms with Crippen molar-refractivity contribution in [2.75, 3.05) is 4.90 Å². The van der Waals surface area contributed by atoms with Crippen LogP contribution in [0.3, 0.4) is 0 Å². The standard InChI is InChI=1S/C30H20N2O2S/c31-20-23(30(33)34)19-26-17-18-29(35-26)22-13-15-25(16-14-22)32(24-9-2-1-3-10-24)28-12-6-8-21-7-4-5-11-27(21)28/h1-19H,(H,33,34). The smallest absolute Gasteiger partial charge is 0.346 e. The highest BCUT2D eigenvalue weighted by atomic mass is 32.1. The predicted octanol–water partition coefficient (Wildman–Crippen LogP) is 8.03. The minimum atomic E-state index is -1.22. The first-order chi connectivity index (χ1) is 17.1. The highest BCUT2D eigenvalue weighted by molar-refractivity contribution is 7.16. The molecule has 35 heavy (non-hydrogen) atoms. The minimum absolute atomic E-state index is 0.276. The summed E-state index contributed by atoms with van der Waals surface area (Å²) < 4.78 is 0. The number of aliphatic carboxylic acids is 1. The highest BCUT2D eigenvalue weighted by Crippen LogP contribution is 2.39. The molecule has 0 radical (unpaired) electrons. The summed E-state index contributed by atoms with van der Waals surface area (Å²) in [7, 11) is 0. The van der Waals surface area contributed by atoms with Gasteiger partial charge in [0.25, 0.3) is 0 Å². The molecule has 4 aromatic carbocycles. The number of hydrogen-bond donors (Lipinski definition) is 1. The van der Waals surface area contributed by atoms with Crippen LogP contribution < -0.4 is 4.90 Å². The van der Waals surface area contributed by atoms with Gasteiger partial charge in [0.05, 0.1) is 5.69 Å². The molecule has 4 nitrogen and oxygen atoms in total. The maximum absolute atomic E-state index is 11.1. The van der Waals surface area contributed by atoms with Crippen molar-refractivity contribution in [3.8, 4) is 16.5 Å². The molecule has 0 aliphatic heterocycles. The number of nitrogens with zero attached hydrogens (tertiary/aromatic N) is 2. The average molecular weight is 473 g/mol. The Balaban J connectivity index is 1.54. The van der Waals surface area contributed by atoms with Crippen LogP contribution >= 0.6 is 11.3 Å². The van der Waals surface area contributed by atoms with Crippen molar-refractivity contribution < 1.29 is 9.90 Å². The second-order valence-electron chi connectivity index (χ2n) is 7.89. The molecule has 168 valence electrons. The number of carbonyl (C=O) groups is 1. The number of carboxylic acids is 1. The Labute approximate surface area is 207 Å². The maximum Gasteiger partial charge on any atom is 0.346 e. The number of hydrogen-bond acceptors (Lipinski definition) is 4. The topological polar surface area (TPSA) is 64.3 Å². The van der Waals surface area contributed by atoms with Crippen LogP contribution in [0.15, 0.2) is 115 Å². The highest BCUT2D eigenvalue weighted by Gasteiger charge is 2.15. The van der Waals surface area contributed by atoms with Gasteiger partial charge in [0, 0.05) is 26.5 Å². The van der Waals surface area contributed by atoms with Gasteiger partial charge in [-0.25, -0.2) is 4.79 Å². The van der Waals surface area contributed by atoms with E-state index in [0.717, 1.165) is 32.4 Å². The quantitative estimate of drug-likeness (QED) is 0.201. The van der Waals surface area contributed by atoms with E-state index >= 15 is 0 Å². The van der Waals surface area contributed by atoms with Gasteiger partial charge in [-0.05, 0) is 59.5 Å². The number of nitriles is 1. The van der Waals surface area contributed by atoms with Gasteiger partial charge in [0.1, 0.15) is 11.6 Å². The Morgan fingerprint density at radius 1 is 0.800 bits per heavy atom.